The molecule has 0 fully saturated rings. The first-order chi connectivity index (χ1) is 9.97. The molecule has 0 bridgehead atoms. The van der Waals surface area contributed by atoms with Crippen LogP contribution in [0.25, 0.3) is 0 Å². The molecule has 0 heterocycles. The lowest BCUT2D eigenvalue weighted by Crippen LogP contribution is -2.00. The third kappa shape index (κ3) is 3.62. The molecule has 0 saturated carbocycles. The summed E-state index contributed by atoms with van der Waals surface area (Å²) in [5.41, 5.74) is 0.932. The van der Waals surface area contributed by atoms with Crippen molar-refractivity contribution in [3.8, 4) is 5.75 Å². The predicted octanol–water partition coefficient (Wildman–Crippen LogP) is 3.52. The number of halogens is 1. The van der Waals surface area contributed by atoms with Gasteiger partial charge in [-0.3, -0.25) is 14.9 Å². The van der Waals surface area contributed by atoms with Crippen molar-refractivity contribution in [2.24, 2.45) is 0 Å². The SMILES string of the molecule is CC(=O)c1ccc(OCc2ccc([N+](=O)[O-])cc2)c(F)c1. The summed E-state index contributed by atoms with van der Waals surface area (Å²) in [4.78, 5) is 21.1. The fourth-order valence-corrected chi connectivity index (χ4v) is 1.71. The van der Waals surface area contributed by atoms with Crippen molar-refractivity contribution in [1.29, 1.82) is 0 Å². The first kappa shape index (κ1) is 14.6. The number of benzene rings is 2. The fourth-order valence-electron chi connectivity index (χ4n) is 1.71. The van der Waals surface area contributed by atoms with Gasteiger partial charge in [-0.05, 0) is 42.8 Å². The van der Waals surface area contributed by atoms with Crippen LogP contribution >= 0.6 is 0 Å². The molecule has 0 aromatic heterocycles. The number of carbonyl (C=O) groups excluding carboxylic acids is 1. The van der Waals surface area contributed by atoms with Crippen molar-refractivity contribution in [3.63, 3.8) is 0 Å². The highest BCUT2D eigenvalue weighted by molar-refractivity contribution is 5.94. The number of carbonyl (C=O) groups is 1. The summed E-state index contributed by atoms with van der Waals surface area (Å²) in [6, 6.07) is 9.78. The molecule has 0 unspecified atom stereocenters. The van der Waals surface area contributed by atoms with Gasteiger partial charge in [-0.2, -0.15) is 0 Å². The Labute approximate surface area is 120 Å². The maximum atomic E-state index is 13.7. The Morgan fingerprint density at radius 3 is 2.43 bits per heavy atom. The number of rotatable bonds is 5. The van der Waals surface area contributed by atoms with Gasteiger partial charge < -0.3 is 4.74 Å². The maximum Gasteiger partial charge on any atom is 0.269 e. The van der Waals surface area contributed by atoms with Crippen molar-refractivity contribution in [2.75, 3.05) is 0 Å². The lowest BCUT2D eigenvalue weighted by molar-refractivity contribution is -0.384. The van der Waals surface area contributed by atoms with Crippen molar-refractivity contribution < 1.29 is 18.8 Å². The van der Waals surface area contributed by atoms with E-state index >= 15 is 0 Å². The summed E-state index contributed by atoms with van der Waals surface area (Å²) in [5.74, 6) is -0.821. The van der Waals surface area contributed by atoms with E-state index in [-0.39, 0.29) is 29.4 Å². The van der Waals surface area contributed by atoms with Gasteiger partial charge in [0.05, 0.1) is 4.92 Å². The van der Waals surface area contributed by atoms with Crippen LogP contribution in [-0.4, -0.2) is 10.7 Å². The number of non-ortho nitro benzene ring substituents is 1. The molecule has 0 spiro atoms. The van der Waals surface area contributed by atoms with E-state index in [1.165, 1.54) is 31.2 Å². The quantitative estimate of drug-likeness (QED) is 0.480. The molecule has 21 heavy (non-hydrogen) atoms. The summed E-state index contributed by atoms with van der Waals surface area (Å²) in [7, 11) is 0. The molecule has 0 amide bonds. The number of nitro groups is 1. The Morgan fingerprint density at radius 2 is 1.90 bits per heavy atom. The fraction of sp³-hybridized carbons (Fsp3) is 0.133. The minimum Gasteiger partial charge on any atom is -0.486 e. The Kier molecular flexibility index (Phi) is 4.27. The van der Waals surface area contributed by atoms with Crippen LogP contribution in [-0.2, 0) is 6.61 Å². The number of nitrogens with zero attached hydrogens (tertiary/aromatic N) is 1. The maximum absolute atomic E-state index is 13.7. The van der Waals surface area contributed by atoms with Crippen molar-refractivity contribution in [1.82, 2.24) is 0 Å². The number of nitro benzene ring substituents is 1. The Hall–Kier alpha value is -2.76. The Balaban J connectivity index is 2.06. The van der Waals surface area contributed by atoms with Gasteiger partial charge >= 0.3 is 0 Å². The minimum absolute atomic E-state index is 0.0178. The standard InChI is InChI=1S/C15H12FNO4/c1-10(18)12-4-7-15(14(16)8-12)21-9-11-2-5-13(6-3-11)17(19)20/h2-8H,9H2,1H3. The molecule has 0 radical (unpaired) electrons. The minimum atomic E-state index is -0.621. The van der Waals surface area contributed by atoms with E-state index < -0.39 is 10.7 Å². The summed E-state index contributed by atoms with van der Waals surface area (Å²) < 4.78 is 19.0. The zero-order chi connectivity index (χ0) is 15.4. The summed E-state index contributed by atoms with van der Waals surface area (Å²) in [6.07, 6.45) is 0. The lowest BCUT2D eigenvalue weighted by atomic mass is 10.1. The first-order valence-electron chi connectivity index (χ1n) is 6.14. The summed E-state index contributed by atoms with van der Waals surface area (Å²) in [5, 5.41) is 10.5. The largest absolute Gasteiger partial charge is 0.486 e. The van der Waals surface area contributed by atoms with E-state index in [1.807, 2.05) is 0 Å². The summed E-state index contributed by atoms with van der Waals surface area (Å²) >= 11 is 0. The smallest absolute Gasteiger partial charge is 0.269 e. The molecule has 0 aliphatic heterocycles. The van der Waals surface area contributed by atoms with Crippen LogP contribution in [0.3, 0.4) is 0 Å². The predicted molar refractivity (Wildman–Crippen MR) is 73.8 cm³/mol. The van der Waals surface area contributed by atoms with Gasteiger partial charge in [-0.1, -0.05) is 0 Å². The number of hydrogen-bond acceptors (Lipinski definition) is 4. The second-order valence-electron chi connectivity index (χ2n) is 4.41. The molecule has 6 heteroatoms. The number of Topliss-reactive ketones (excluding diaryl/α,β-unsaturated/α-hetero) is 1. The monoisotopic (exact) mass is 289 g/mol. The van der Waals surface area contributed by atoms with Gasteiger partial charge in [0.25, 0.3) is 5.69 Å². The highest BCUT2D eigenvalue weighted by Crippen LogP contribution is 2.20. The normalized spacial score (nSPS) is 10.2. The van der Waals surface area contributed by atoms with Gasteiger partial charge in [0.2, 0.25) is 0 Å². The van der Waals surface area contributed by atoms with Crippen LogP contribution < -0.4 is 4.74 Å². The van der Waals surface area contributed by atoms with E-state index in [2.05, 4.69) is 0 Å². The van der Waals surface area contributed by atoms with Crippen LogP contribution in [0, 0.1) is 15.9 Å². The van der Waals surface area contributed by atoms with Crippen LogP contribution in [0.2, 0.25) is 0 Å². The van der Waals surface area contributed by atoms with Gasteiger partial charge in [0.1, 0.15) is 6.61 Å². The average molecular weight is 289 g/mol. The third-order valence-corrected chi connectivity index (χ3v) is 2.88. The van der Waals surface area contributed by atoms with Crippen LogP contribution in [0.1, 0.15) is 22.8 Å². The second kappa shape index (κ2) is 6.13. The molecule has 0 aliphatic carbocycles. The Bertz CT molecular complexity index is 683. The van der Waals surface area contributed by atoms with Gasteiger partial charge in [0.15, 0.2) is 17.3 Å². The second-order valence-corrected chi connectivity index (χ2v) is 4.41. The average Bonchev–Trinajstić information content (AvgIpc) is 2.46. The van der Waals surface area contributed by atoms with E-state index in [0.29, 0.717) is 5.56 Å². The molecule has 2 aromatic rings. The van der Waals surface area contributed by atoms with Gasteiger partial charge in [-0.15, -0.1) is 0 Å². The van der Waals surface area contributed by atoms with Crippen molar-refractivity contribution in [3.05, 3.63) is 69.5 Å². The molecule has 0 N–H and O–H groups in total. The number of hydrogen-bond donors (Lipinski definition) is 0. The highest BCUT2D eigenvalue weighted by atomic mass is 19.1. The number of ether oxygens (including phenoxy) is 1. The van der Waals surface area contributed by atoms with E-state index in [9.17, 15) is 19.3 Å². The molecule has 0 atom stereocenters. The molecule has 108 valence electrons. The molecule has 5 nitrogen and oxygen atoms in total. The number of ketones is 1. The zero-order valence-corrected chi connectivity index (χ0v) is 11.2. The van der Waals surface area contributed by atoms with Gasteiger partial charge in [-0.25, -0.2) is 4.39 Å². The van der Waals surface area contributed by atoms with Crippen molar-refractivity contribution >= 4 is 11.5 Å². The highest BCUT2D eigenvalue weighted by Gasteiger charge is 2.08. The van der Waals surface area contributed by atoms with Crippen LogP contribution in [0.5, 0.6) is 5.75 Å². The van der Waals surface area contributed by atoms with Crippen LogP contribution in [0.15, 0.2) is 42.5 Å². The van der Waals surface area contributed by atoms with Crippen LogP contribution in [0.4, 0.5) is 10.1 Å². The summed E-state index contributed by atoms with van der Waals surface area (Å²) in [6.45, 7) is 1.43. The molecule has 0 aliphatic rings. The Morgan fingerprint density at radius 1 is 1.24 bits per heavy atom. The zero-order valence-electron chi connectivity index (χ0n) is 11.2. The molecule has 2 rings (SSSR count). The topological polar surface area (TPSA) is 69.4 Å². The van der Waals surface area contributed by atoms with Gasteiger partial charge in [0, 0.05) is 17.7 Å². The van der Waals surface area contributed by atoms with E-state index in [0.717, 1.165) is 6.07 Å². The molecular weight excluding hydrogens is 277 g/mol. The molecular formula is C15H12FNO4. The van der Waals surface area contributed by atoms with E-state index in [1.54, 1.807) is 12.1 Å². The van der Waals surface area contributed by atoms with Crippen molar-refractivity contribution in [2.45, 2.75) is 13.5 Å². The van der Waals surface area contributed by atoms with E-state index in [4.69, 9.17) is 4.74 Å². The third-order valence-electron chi connectivity index (χ3n) is 2.88. The first-order valence-corrected chi connectivity index (χ1v) is 6.14. The lowest BCUT2D eigenvalue weighted by Gasteiger charge is -2.08. The molecule has 0 saturated heterocycles. The molecule has 2 aromatic carbocycles.